The van der Waals surface area contributed by atoms with Crippen molar-refractivity contribution >= 4 is 32.9 Å². The number of aromatic amines is 1. The predicted molar refractivity (Wildman–Crippen MR) is 123 cm³/mol. The van der Waals surface area contributed by atoms with Crippen LogP contribution in [0.15, 0.2) is 39.4 Å². The standard InChI is InChI=1S/C22H23N3O3S2/c1-4-8-28-16-11-23-14(10-15(16)26)12-25-13(3)24-21-20(22(25)27)19(17(5-2)30-21)18-7-6-9-29-18/h6-7,9-11H,4-5,8,12H2,1-3H3,(H,23,26). The van der Waals surface area contributed by atoms with Crippen molar-refractivity contribution < 1.29 is 4.74 Å². The normalized spacial score (nSPS) is 11.3. The molecule has 0 aliphatic heterocycles. The molecule has 0 aliphatic rings. The van der Waals surface area contributed by atoms with Gasteiger partial charge in [0.15, 0.2) is 5.75 Å². The third kappa shape index (κ3) is 3.73. The number of nitrogens with one attached hydrogen (secondary N) is 1. The van der Waals surface area contributed by atoms with E-state index in [4.69, 9.17) is 9.72 Å². The van der Waals surface area contributed by atoms with Gasteiger partial charge in [-0.1, -0.05) is 19.9 Å². The largest absolute Gasteiger partial charge is 0.488 e. The molecule has 4 heterocycles. The summed E-state index contributed by atoms with van der Waals surface area (Å²) in [4.78, 5) is 36.7. The van der Waals surface area contributed by atoms with Gasteiger partial charge in [0.05, 0.1) is 18.5 Å². The molecule has 0 radical (unpaired) electrons. The van der Waals surface area contributed by atoms with Gasteiger partial charge in [-0.2, -0.15) is 0 Å². The molecule has 0 amide bonds. The summed E-state index contributed by atoms with van der Waals surface area (Å²) in [6.45, 7) is 6.65. The van der Waals surface area contributed by atoms with Gasteiger partial charge >= 0.3 is 0 Å². The van der Waals surface area contributed by atoms with Crippen LogP contribution in [0.3, 0.4) is 0 Å². The number of fused-ring (bicyclic) bond motifs is 1. The van der Waals surface area contributed by atoms with Crippen LogP contribution in [0.5, 0.6) is 5.75 Å². The van der Waals surface area contributed by atoms with Crippen LogP contribution in [0.4, 0.5) is 0 Å². The lowest BCUT2D eigenvalue weighted by atomic mass is 10.1. The Labute approximate surface area is 181 Å². The molecule has 8 heteroatoms. The zero-order valence-electron chi connectivity index (χ0n) is 17.2. The van der Waals surface area contributed by atoms with Crippen molar-refractivity contribution in [2.45, 2.75) is 40.2 Å². The Hall–Kier alpha value is -2.71. The Kier molecular flexibility index (Phi) is 5.87. The number of aryl methyl sites for hydroxylation is 2. The molecule has 4 rings (SSSR count). The summed E-state index contributed by atoms with van der Waals surface area (Å²) >= 11 is 3.21. The van der Waals surface area contributed by atoms with Crippen molar-refractivity contribution in [3.63, 3.8) is 0 Å². The van der Waals surface area contributed by atoms with Gasteiger partial charge in [0.25, 0.3) is 5.56 Å². The molecular weight excluding hydrogens is 418 g/mol. The van der Waals surface area contributed by atoms with Gasteiger partial charge in [0.1, 0.15) is 10.7 Å². The minimum absolute atomic E-state index is 0.0796. The van der Waals surface area contributed by atoms with Crippen molar-refractivity contribution in [3.8, 4) is 16.2 Å². The van der Waals surface area contributed by atoms with Crippen LogP contribution in [0, 0.1) is 6.92 Å². The first-order valence-corrected chi connectivity index (χ1v) is 11.6. The number of ether oxygens (including phenoxy) is 1. The van der Waals surface area contributed by atoms with E-state index in [0.717, 1.165) is 28.1 Å². The summed E-state index contributed by atoms with van der Waals surface area (Å²) in [6, 6.07) is 5.53. The van der Waals surface area contributed by atoms with Crippen molar-refractivity contribution in [3.05, 3.63) is 66.7 Å². The molecule has 156 valence electrons. The Morgan fingerprint density at radius 3 is 2.77 bits per heavy atom. The lowest BCUT2D eigenvalue weighted by molar-refractivity contribution is 0.313. The molecule has 0 atom stereocenters. The van der Waals surface area contributed by atoms with Gasteiger partial charge in [-0.05, 0) is 31.2 Å². The maximum atomic E-state index is 13.5. The Balaban J connectivity index is 1.81. The van der Waals surface area contributed by atoms with E-state index in [9.17, 15) is 9.59 Å². The average molecular weight is 442 g/mol. The summed E-state index contributed by atoms with van der Waals surface area (Å²) in [7, 11) is 0. The van der Waals surface area contributed by atoms with Crippen LogP contribution < -0.4 is 15.7 Å². The highest BCUT2D eigenvalue weighted by atomic mass is 32.1. The van der Waals surface area contributed by atoms with E-state index in [0.29, 0.717) is 29.3 Å². The number of hydrogen-bond donors (Lipinski definition) is 1. The number of pyridine rings is 1. The van der Waals surface area contributed by atoms with Crippen LogP contribution in [0.25, 0.3) is 20.7 Å². The van der Waals surface area contributed by atoms with Gasteiger partial charge in [-0.3, -0.25) is 14.2 Å². The molecule has 0 aromatic carbocycles. The van der Waals surface area contributed by atoms with Crippen LogP contribution in [0.2, 0.25) is 0 Å². The first-order valence-electron chi connectivity index (χ1n) is 9.94. The molecule has 1 N–H and O–H groups in total. The molecule has 6 nitrogen and oxygen atoms in total. The molecule has 0 saturated carbocycles. The molecule has 0 spiro atoms. The number of hydrogen-bond acceptors (Lipinski definition) is 6. The van der Waals surface area contributed by atoms with E-state index in [1.54, 1.807) is 33.4 Å². The second kappa shape index (κ2) is 8.57. The van der Waals surface area contributed by atoms with Gasteiger partial charge < -0.3 is 9.72 Å². The molecule has 0 fully saturated rings. The molecule has 0 bridgehead atoms. The minimum Gasteiger partial charge on any atom is -0.488 e. The summed E-state index contributed by atoms with van der Waals surface area (Å²) in [6.07, 6.45) is 3.24. The van der Waals surface area contributed by atoms with Gasteiger partial charge in [0, 0.05) is 33.3 Å². The summed E-state index contributed by atoms with van der Waals surface area (Å²) in [5, 5.41) is 2.68. The van der Waals surface area contributed by atoms with Crippen molar-refractivity contribution in [1.82, 2.24) is 14.5 Å². The molecule has 0 saturated heterocycles. The van der Waals surface area contributed by atoms with E-state index in [2.05, 4.69) is 11.9 Å². The van der Waals surface area contributed by atoms with E-state index in [1.807, 2.05) is 31.4 Å². The smallest absolute Gasteiger partial charge is 0.263 e. The zero-order valence-corrected chi connectivity index (χ0v) is 18.8. The summed E-state index contributed by atoms with van der Waals surface area (Å²) in [5.41, 5.74) is 1.36. The van der Waals surface area contributed by atoms with Crippen molar-refractivity contribution in [2.75, 3.05) is 6.61 Å². The lowest BCUT2D eigenvalue weighted by Gasteiger charge is -2.11. The third-order valence-electron chi connectivity index (χ3n) is 4.89. The quantitative estimate of drug-likeness (QED) is 0.455. The molecule has 4 aromatic rings. The molecule has 0 aliphatic carbocycles. The van der Waals surface area contributed by atoms with Gasteiger partial charge in [0.2, 0.25) is 5.43 Å². The first-order chi connectivity index (χ1) is 14.5. The third-order valence-corrected chi connectivity index (χ3v) is 7.01. The topological polar surface area (TPSA) is 77.0 Å². The van der Waals surface area contributed by atoms with Crippen LogP contribution in [0.1, 0.15) is 36.7 Å². The zero-order chi connectivity index (χ0) is 21.3. The van der Waals surface area contributed by atoms with E-state index >= 15 is 0 Å². The maximum Gasteiger partial charge on any atom is 0.263 e. The van der Waals surface area contributed by atoms with E-state index < -0.39 is 0 Å². The number of thiophene rings is 2. The van der Waals surface area contributed by atoms with Crippen LogP contribution in [-0.2, 0) is 13.0 Å². The summed E-state index contributed by atoms with van der Waals surface area (Å²) in [5.74, 6) is 0.921. The van der Waals surface area contributed by atoms with Crippen LogP contribution in [-0.4, -0.2) is 21.1 Å². The van der Waals surface area contributed by atoms with E-state index in [-0.39, 0.29) is 17.5 Å². The Bertz CT molecular complexity index is 1300. The number of aromatic nitrogens is 3. The number of rotatable bonds is 7. The number of H-pyrrole nitrogens is 1. The number of nitrogens with zero attached hydrogens (tertiary/aromatic N) is 2. The van der Waals surface area contributed by atoms with Gasteiger partial charge in [-0.25, -0.2) is 4.98 Å². The molecule has 0 unspecified atom stereocenters. The Morgan fingerprint density at radius 1 is 1.27 bits per heavy atom. The summed E-state index contributed by atoms with van der Waals surface area (Å²) < 4.78 is 7.07. The average Bonchev–Trinajstić information content (AvgIpc) is 3.37. The highest BCUT2D eigenvalue weighted by Crippen LogP contribution is 2.38. The highest BCUT2D eigenvalue weighted by Gasteiger charge is 2.20. The lowest BCUT2D eigenvalue weighted by Crippen LogP contribution is -2.25. The van der Waals surface area contributed by atoms with Gasteiger partial charge in [-0.15, -0.1) is 22.7 Å². The van der Waals surface area contributed by atoms with Crippen molar-refractivity contribution in [1.29, 1.82) is 0 Å². The highest BCUT2D eigenvalue weighted by molar-refractivity contribution is 7.20. The first kappa shape index (κ1) is 20.6. The predicted octanol–water partition coefficient (Wildman–Crippen LogP) is 4.58. The fourth-order valence-corrected chi connectivity index (χ4v) is 5.46. The molecule has 4 aromatic heterocycles. The SMILES string of the molecule is CCCOc1c[nH]c(Cn2c(C)nc3sc(CC)c(-c4cccs4)c3c2=O)cc1=O. The fraction of sp³-hybridized carbons (Fsp3) is 0.318. The minimum atomic E-state index is -0.194. The molecule has 30 heavy (non-hydrogen) atoms. The fourth-order valence-electron chi connectivity index (χ4n) is 3.43. The second-order valence-electron chi connectivity index (χ2n) is 7.00. The van der Waals surface area contributed by atoms with Crippen LogP contribution >= 0.6 is 22.7 Å². The molecular formula is C22H23N3O3S2. The second-order valence-corrected chi connectivity index (χ2v) is 9.03. The maximum absolute atomic E-state index is 13.5. The van der Waals surface area contributed by atoms with Crippen molar-refractivity contribution in [2.24, 2.45) is 0 Å². The Morgan fingerprint density at radius 2 is 2.10 bits per heavy atom. The van der Waals surface area contributed by atoms with E-state index in [1.165, 1.54) is 10.9 Å². The monoisotopic (exact) mass is 441 g/mol.